The van der Waals surface area contributed by atoms with Crippen LogP contribution >= 0.6 is 34.8 Å². The second-order valence-corrected chi connectivity index (χ2v) is 4.75. The summed E-state index contributed by atoms with van der Waals surface area (Å²) in [4.78, 5) is 24.6. The van der Waals surface area contributed by atoms with E-state index in [0.29, 0.717) is 32.5 Å². The lowest BCUT2D eigenvalue weighted by atomic mass is 10.0. The van der Waals surface area contributed by atoms with Gasteiger partial charge in [-0.05, 0) is 12.1 Å². The van der Waals surface area contributed by atoms with Crippen molar-refractivity contribution in [3.8, 4) is 11.1 Å². The second kappa shape index (κ2) is 5.14. The van der Waals surface area contributed by atoms with Crippen molar-refractivity contribution in [2.45, 2.75) is 0 Å². The van der Waals surface area contributed by atoms with E-state index in [0.717, 1.165) is 0 Å². The van der Waals surface area contributed by atoms with Gasteiger partial charge in [-0.1, -0.05) is 34.8 Å². The summed E-state index contributed by atoms with van der Waals surface area (Å²) >= 11 is 17.8. The average Bonchev–Trinajstić information content (AvgIpc) is 2.34. The minimum absolute atomic E-state index is 0.235. The van der Waals surface area contributed by atoms with Crippen LogP contribution in [0.4, 0.5) is 0 Å². The van der Waals surface area contributed by atoms with Gasteiger partial charge < -0.3 is 4.98 Å². The quantitative estimate of drug-likeness (QED) is 0.677. The number of H-pyrrole nitrogens is 1. The molecule has 1 aromatic carbocycles. The number of benzene rings is 1. The number of pyridine rings is 1. The molecule has 0 radical (unpaired) electrons. The Morgan fingerprint density at radius 1 is 0.944 bits per heavy atom. The lowest BCUT2D eigenvalue weighted by molar-refractivity contribution is 0.112. The Labute approximate surface area is 117 Å². The summed E-state index contributed by atoms with van der Waals surface area (Å²) in [6, 6.07) is 4.23. The van der Waals surface area contributed by atoms with Crippen LogP contribution in [0.3, 0.4) is 0 Å². The van der Waals surface area contributed by atoms with Gasteiger partial charge in [0.1, 0.15) is 0 Å². The van der Waals surface area contributed by atoms with E-state index in [4.69, 9.17) is 34.8 Å². The van der Waals surface area contributed by atoms with Crippen molar-refractivity contribution in [2.75, 3.05) is 0 Å². The molecule has 0 fully saturated rings. The molecule has 2 aromatic rings. The fourth-order valence-electron chi connectivity index (χ4n) is 1.55. The van der Waals surface area contributed by atoms with Crippen LogP contribution in [0.5, 0.6) is 0 Å². The highest BCUT2D eigenvalue weighted by Gasteiger charge is 2.12. The third-order valence-electron chi connectivity index (χ3n) is 2.38. The number of carbonyl (C=O) groups excluding carboxylic acids is 1. The largest absolute Gasteiger partial charge is 0.328 e. The van der Waals surface area contributed by atoms with Gasteiger partial charge in [-0.15, -0.1) is 0 Å². The zero-order chi connectivity index (χ0) is 13.3. The predicted octanol–water partition coefficient (Wildman–Crippen LogP) is 3.81. The van der Waals surface area contributed by atoms with Crippen LogP contribution in [0.15, 0.2) is 29.2 Å². The Bertz CT molecular complexity index is 680. The highest BCUT2D eigenvalue weighted by Crippen LogP contribution is 2.35. The molecule has 0 atom stereocenters. The molecule has 1 aromatic heterocycles. The van der Waals surface area contributed by atoms with Crippen molar-refractivity contribution in [2.24, 2.45) is 0 Å². The molecule has 1 heterocycles. The van der Waals surface area contributed by atoms with Gasteiger partial charge in [0.15, 0.2) is 6.29 Å². The van der Waals surface area contributed by atoms with Crippen LogP contribution in [0.25, 0.3) is 11.1 Å². The molecule has 0 unspecified atom stereocenters. The van der Waals surface area contributed by atoms with Gasteiger partial charge in [-0.3, -0.25) is 9.59 Å². The number of nitrogens with one attached hydrogen (secondary N) is 1. The Morgan fingerprint density at radius 2 is 1.61 bits per heavy atom. The molecule has 92 valence electrons. The van der Waals surface area contributed by atoms with Crippen LogP contribution in [0.2, 0.25) is 15.1 Å². The Balaban J connectivity index is 2.73. The fourth-order valence-corrected chi connectivity index (χ4v) is 2.20. The normalized spacial score (nSPS) is 10.4. The third-order valence-corrected chi connectivity index (χ3v) is 3.42. The van der Waals surface area contributed by atoms with Crippen LogP contribution in [-0.4, -0.2) is 11.3 Å². The van der Waals surface area contributed by atoms with Gasteiger partial charge in [-0.25, -0.2) is 0 Å². The minimum Gasteiger partial charge on any atom is -0.328 e. The highest BCUT2D eigenvalue weighted by atomic mass is 35.5. The fraction of sp³-hybridized carbons (Fsp3) is 0. The molecule has 1 N–H and O–H groups in total. The Morgan fingerprint density at radius 3 is 2.28 bits per heavy atom. The van der Waals surface area contributed by atoms with Crippen molar-refractivity contribution in [1.29, 1.82) is 0 Å². The smallest absolute Gasteiger partial charge is 0.248 e. The summed E-state index contributed by atoms with van der Waals surface area (Å²) in [5.41, 5.74) is 0.897. The van der Waals surface area contributed by atoms with E-state index in [2.05, 4.69) is 4.98 Å². The number of aromatic nitrogens is 1. The molecule has 0 saturated heterocycles. The van der Waals surface area contributed by atoms with E-state index in [9.17, 15) is 9.59 Å². The number of carbonyl (C=O) groups is 1. The van der Waals surface area contributed by atoms with Crippen LogP contribution in [-0.2, 0) is 0 Å². The zero-order valence-electron chi connectivity index (χ0n) is 8.84. The van der Waals surface area contributed by atoms with Crippen molar-refractivity contribution < 1.29 is 4.79 Å². The summed E-state index contributed by atoms with van der Waals surface area (Å²) in [5, 5.41) is 0.987. The first kappa shape index (κ1) is 13.1. The van der Waals surface area contributed by atoms with E-state index in [1.54, 1.807) is 6.07 Å². The summed E-state index contributed by atoms with van der Waals surface area (Å²) in [6.07, 6.45) is 2.00. The van der Waals surface area contributed by atoms with Crippen LogP contribution in [0, 0.1) is 0 Å². The molecule has 2 rings (SSSR count). The summed E-state index contributed by atoms with van der Waals surface area (Å²) in [7, 11) is 0. The van der Waals surface area contributed by atoms with Gasteiger partial charge in [0.2, 0.25) is 5.56 Å². The Kier molecular flexibility index (Phi) is 3.76. The Hall–Kier alpha value is -1.29. The number of aromatic amines is 1. The summed E-state index contributed by atoms with van der Waals surface area (Å²) < 4.78 is 0. The first-order valence-electron chi connectivity index (χ1n) is 4.85. The SMILES string of the molecule is O=Cc1cc(=O)[nH]cc1-c1cc(Cl)c(Cl)cc1Cl. The molecule has 0 aliphatic heterocycles. The van der Waals surface area contributed by atoms with Crippen molar-refractivity contribution in [1.82, 2.24) is 4.98 Å². The molecule has 0 bridgehead atoms. The molecule has 0 saturated carbocycles. The molecule has 18 heavy (non-hydrogen) atoms. The summed E-state index contributed by atoms with van der Waals surface area (Å²) in [5.74, 6) is 0. The topological polar surface area (TPSA) is 49.9 Å². The van der Waals surface area contributed by atoms with Crippen molar-refractivity contribution in [3.05, 3.63) is 55.4 Å². The lowest BCUT2D eigenvalue weighted by Crippen LogP contribution is -2.06. The van der Waals surface area contributed by atoms with E-state index in [-0.39, 0.29) is 11.1 Å². The van der Waals surface area contributed by atoms with Crippen molar-refractivity contribution in [3.63, 3.8) is 0 Å². The maximum atomic E-state index is 11.1. The number of rotatable bonds is 2. The molecule has 0 spiro atoms. The van der Waals surface area contributed by atoms with Gasteiger partial charge in [0.25, 0.3) is 0 Å². The van der Waals surface area contributed by atoms with E-state index in [1.807, 2.05) is 0 Å². The van der Waals surface area contributed by atoms with Gasteiger partial charge >= 0.3 is 0 Å². The molecule has 3 nitrogen and oxygen atoms in total. The van der Waals surface area contributed by atoms with E-state index in [1.165, 1.54) is 18.3 Å². The monoisotopic (exact) mass is 301 g/mol. The maximum absolute atomic E-state index is 11.1. The maximum Gasteiger partial charge on any atom is 0.248 e. The van der Waals surface area contributed by atoms with Gasteiger partial charge in [0.05, 0.1) is 15.1 Å². The zero-order valence-corrected chi connectivity index (χ0v) is 11.1. The lowest BCUT2D eigenvalue weighted by Gasteiger charge is -2.08. The molecule has 0 aliphatic carbocycles. The van der Waals surface area contributed by atoms with Gasteiger partial charge in [0, 0.05) is 29.0 Å². The van der Waals surface area contributed by atoms with Crippen LogP contribution in [0.1, 0.15) is 10.4 Å². The highest BCUT2D eigenvalue weighted by molar-refractivity contribution is 6.44. The number of hydrogen-bond donors (Lipinski definition) is 1. The molecule has 6 heteroatoms. The van der Waals surface area contributed by atoms with E-state index < -0.39 is 0 Å². The van der Waals surface area contributed by atoms with E-state index >= 15 is 0 Å². The first-order chi connectivity index (χ1) is 8.52. The standard InChI is InChI=1S/C12H6Cl3NO2/c13-9-3-11(15)10(14)2-7(9)8-4-16-12(18)1-6(8)5-17/h1-5H,(H,16,18). The minimum atomic E-state index is -0.364. The number of halogens is 3. The number of hydrogen-bond acceptors (Lipinski definition) is 2. The molecular formula is C12H6Cl3NO2. The molecule has 0 aliphatic rings. The number of aldehydes is 1. The second-order valence-electron chi connectivity index (χ2n) is 3.53. The molecular weight excluding hydrogens is 296 g/mol. The van der Waals surface area contributed by atoms with Crippen LogP contribution < -0.4 is 5.56 Å². The van der Waals surface area contributed by atoms with Gasteiger partial charge in [-0.2, -0.15) is 0 Å². The first-order valence-corrected chi connectivity index (χ1v) is 5.99. The predicted molar refractivity (Wildman–Crippen MR) is 72.9 cm³/mol. The third kappa shape index (κ3) is 2.43. The average molecular weight is 303 g/mol. The van der Waals surface area contributed by atoms with Crippen molar-refractivity contribution >= 4 is 41.1 Å². The molecule has 0 amide bonds. The summed E-state index contributed by atoms with van der Waals surface area (Å²) in [6.45, 7) is 0.